The number of nitrogens with zero attached hydrogens (tertiary/aromatic N) is 2. The summed E-state index contributed by atoms with van der Waals surface area (Å²) in [4.78, 5) is 4.07. The van der Waals surface area contributed by atoms with Gasteiger partial charge in [0.25, 0.3) is 0 Å². The Morgan fingerprint density at radius 3 is 2.88 bits per heavy atom. The summed E-state index contributed by atoms with van der Waals surface area (Å²) in [5.74, 6) is 0.182. The molecule has 6 nitrogen and oxygen atoms in total. The van der Waals surface area contributed by atoms with Crippen LogP contribution in [0.15, 0.2) is 24.5 Å². The number of sulfonamides is 1. The Morgan fingerprint density at radius 2 is 2.21 bits per heavy atom. The van der Waals surface area contributed by atoms with E-state index >= 15 is 0 Å². The molecule has 0 bridgehead atoms. The molecule has 3 rings (SSSR count). The zero-order chi connectivity index (χ0) is 17.0. The molecule has 7 heteroatoms. The molecule has 0 unspecified atom stereocenters. The standard InChI is InChI=1S/C17H26N2O4S/c1-2-24(20,21)19-8-5-17(6-9-19)10-16(23-14-17)13-22-12-15-4-3-7-18-11-15/h3-4,7,11,16H,2,5-6,8-10,12-14H2,1H3/t16-/m0/s1. The van der Waals surface area contributed by atoms with Crippen molar-refractivity contribution in [2.24, 2.45) is 5.41 Å². The topological polar surface area (TPSA) is 68.7 Å². The van der Waals surface area contributed by atoms with Gasteiger partial charge in [0, 0.05) is 25.5 Å². The fraction of sp³-hybridized carbons (Fsp3) is 0.706. The summed E-state index contributed by atoms with van der Waals surface area (Å²) in [5.41, 5.74) is 1.19. The minimum Gasteiger partial charge on any atom is -0.375 e. The van der Waals surface area contributed by atoms with E-state index in [9.17, 15) is 8.42 Å². The number of rotatable bonds is 6. The van der Waals surface area contributed by atoms with Gasteiger partial charge in [0.1, 0.15) is 0 Å². The van der Waals surface area contributed by atoms with Crippen molar-refractivity contribution in [2.75, 3.05) is 32.1 Å². The predicted molar refractivity (Wildman–Crippen MR) is 91.0 cm³/mol. The Morgan fingerprint density at radius 1 is 1.42 bits per heavy atom. The largest absolute Gasteiger partial charge is 0.375 e. The molecule has 2 aliphatic heterocycles. The van der Waals surface area contributed by atoms with Gasteiger partial charge in [0.15, 0.2) is 0 Å². The Bertz CT molecular complexity index is 627. The maximum absolute atomic E-state index is 12.0. The lowest BCUT2D eigenvalue weighted by Gasteiger charge is -2.37. The molecule has 0 aromatic carbocycles. The third kappa shape index (κ3) is 4.14. The van der Waals surface area contributed by atoms with Gasteiger partial charge in [-0.15, -0.1) is 0 Å². The fourth-order valence-corrected chi connectivity index (χ4v) is 4.67. The van der Waals surface area contributed by atoms with Gasteiger partial charge in [0.2, 0.25) is 10.0 Å². The number of ether oxygens (including phenoxy) is 2. The van der Waals surface area contributed by atoms with E-state index in [2.05, 4.69) is 4.98 Å². The zero-order valence-electron chi connectivity index (χ0n) is 14.2. The van der Waals surface area contributed by atoms with Gasteiger partial charge in [0.05, 0.1) is 31.7 Å². The number of hydrogen-bond donors (Lipinski definition) is 0. The third-order valence-corrected chi connectivity index (χ3v) is 7.00. The first-order chi connectivity index (χ1) is 11.5. The molecule has 0 aliphatic carbocycles. The van der Waals surface area contributed by atoms with E-state index in [1.54, 1.807) is 23.6 Å². The van der Waals surface area contributed by atoms with E-state index in [1.165, 1.54) is 0 Å². The summed E-state index contributed by atoms with van der Waals surface area (Å²) in [6, 6.07) is 3.89. The van der Waals surface area contributed by atoms with Crippen molar-refractivity contribution in [3.63, 3.8) is 0 Å². The summed E-state index contributed by atoms with van der Waals surface area (Å²) in [6.07, 6.45) is 6.38. The highest BCUT2D eigenvalue weighted by atomic mass is 32.2. The van der Waals surface area contributed by atoms with Crippen molar-refractivity contribution in [2.45, 2.75) is 38.9 Å². The van der Waals surface area contributed by atoms with Gasteiger partial charge in [-0.05, 0) is 43.2 Å². The highest BCUT2D eigenvalue weighted by Crippen LogP contribution is 2.42. The van der Waals surface area contributed by atoms with Crippen molar-refractivity contribution >= 4 is 10.0 Å². The molecule has 1 atom stereocenters. The minimum absolute atomic E-state index is 0.107. The van der Waals surface area contributed by atoms with E-state index in [4.69, 9.17) is 9.47 Å². The van der Waals surface area contributed by atoms with Crippen molar-refractivity contribution in [1.29, 1.82) is 0 Å². The molecule has 1 aromatic rings. The van der Waals surface area contributed by atoms with E-state index < -0.39 is 10.0 Å². The average molecular weight is 354 g/mol. The maximum Gasteiger partial charge on any atom is 0.213 e. The monoisotopic (exact) mass is 354 g/mol. The second-order valence-corrected chi connectivity index (χ2v) is 9.07. The van der Waals surface area contributed by atoms with Crippen LogP contribution < -0.4 is 0 Å². The lowest BCUT2D eigenvalue weighted by atomic mass is 9.77. The van der Waals surface area contributed by atoms with Crippen LogP contribution in [0.25, 0.3) is 0 Å². The van der Waals surface area contributed by atoms with Crippen LogP contribution in [0.2, 0.25) is 0 Å². The minimum atomic E-state index is -3.06. The van der Waals surface area contributed by atoms with Gasteiger partial charge in [-0.2, -0.15) is 0 Å². The van der Waals surface area contributed by atoms with Crippen molar-refractivity contribution < 1.29 is 17.9 Å². The van der Waals surface area contributed by atoms with Gasteiger partial charge in [-0.25, -0.2) is 12.7 Å². The van der Waals surface area contributed by atoms with Gasteiger partial charge in [-0.1, -0.05) is 6.07 Å². The SMILES string of the molecule is CCS(=O)(=O)N1CCC2(CC1)CO[C@H](COCc1cccnc1)C2. The number of pyridine rings is 1. The molecule has 0 N–H and O–H groups in total. The van der Waals surface area contributed by atoms with E-state index in [1.807, 2.05) is 12.1 Å². The van der Waals surface area contributed by atoms with Gasteiger partial charge >= 0.3 is 0 Å². The molecule has 2 aliphatic rings. The second kappa shape index (κ2) is 7.47. The quantitative estimate of drug-likeness (QED) is 0.779. The molecule has 0 saturated carbocycles. The first-order valence-corrected chi connectivity index (χ1v) is 10.2. The first-order valence-electron chi connectivity index (χ1n) is 8.59. The normalized spacial score (nSPS) is 24.5. The molecular weight excluding hydrogens is 328 g/mol. The second-order valence-electron chi connectivity index (χ2n) is 6.81. The number of piperidine rings is 1. The van der Waals surface area contributed by atoms with Crippen molar-refractivity contribution in [3.8, 4) is 0 Å². The number of hydrogen-bond acceptors (Lipinski definition) is 5. The van der Waals surface area contributed by atoms with E-state index in [0.717, 1.165) is 24.8 Å². The Kier molecular flexibility index (Phi) is 5.54. The lowest BCUT2D eigenvalue weighted by Crippen LogP contribution is -2.44. The molecule has 2 saturated heterocycles. The summed E-state index contributed by atoms with van der Waals surface area (Å²) in [5, 5.41) is 0. The molecular formula is C17H26N2O4S. The van der Waals surface area contributed by atoms with Gasteiger partial charge < -0.3 is 9.47 Å². The molecule has 3 heterocycles. The van der Waals surface area contributed by atoms with Crippen LogP contribution in [0.1, 0.15) is 31.7 Å². The highest BCUT2D eigenvalue weighted by molar-refractivity contribution is 7.89. The molecule has 0 amide bonds. The van der Waals surface area contributed by atoms with E-state index in [-0.39, 0.29) is 17.3 Å². The fourth-order valence-electron chi connectivity index (χ4n) is 3.56. The smallest absolute Gasteiger partial charge is 0.213 e. The van der Waals surface area contributed by atoms with Crippen LogP contribution >= 0.6 is 0 Å². The van der Waals surface area contributed by atoms with Crippen LogP contribution in [0.5, 0.6) is 0 Å². The van der Waals surface area contributed by atoms with Crippen LogP contribution in [0.4, 0.5) is 0 Å². The van der Waals surface area contributed by atoms with Gasteiger partial charge in [-0.3, -0.25) is 4.98 Å². The molecule has 24 heavy (non-hydrogen) atoms. The van der Waals surface area contributed by atoms with Crippen molar-refractivity contribution in [1.82, 2.24) is 9.29 Å². The zero-order valence-corrected chi connectivity index (χ0v) is 15.0. The molecule has 134 valence electrons. The molecule has 0 radical (unpaired) electrons. The summed E-state index contributed by atoms with van der Waals surface area (Å²) >= 11 is 0. The summed E-state index contributed by atoms with van der Waals surface area (Å²) in [6.45, 7) is 4.77. The van der Waals surface area contributed by atoms with E-state index in [0.29, 0.717) is 32.9 Å². The average Bonchev–Trinajstić information content (AvgIpc) is 2.99. The number of aromatic nitrogens is 1. The van der Waals surface area contributed by atoms with Crippen molar-refractivity contribution in [3.05, 3.63) is 30.1 Å². The maximum atomic E-state index is 12.0. The molecule has 1 spiro atoms. The van der Waals surface area contributed by atoms with Crippen LogP contribution in [-0.2, 0) is 26.1 Å². The predicted octanol–water partition coefficient (Wildman–Crippen LogP) is 1.82. The Balaban J connectivity index is 1.44. The lowest BCUT2D eigenvalue weighted by molar-refractivity contribution is 0.00728. The summed E-state index contributed by atoms with van der Waals surface area (Å²) in [7, 11) is -3.06. The molecule has 1 aromatic heterocycles. The Hall–Kier alpha value is -1.02. The molecule has 2 fully saturated rings. The highest BCUT2D eigenvalue weighted by Gasteiger charge is 2.43. The first kappa shape index (κ1) is 17.8. The Labute approximate surface area is 144 Å². The van der Waals surface area contributed by atoms with Crippen LogP contribution in [0, 0.1) is 5.41 Å². The summed E-state index contributed by atoms with van der Waals surface area (Å²) < 4.78 is 37.2. The van der Waals surface area contributed by atoms with Crippen LogP contribution in [-0.4, -0.2) is 55.9 Å². The third-order valence-electron chi connectivity index (χ3n) is 5.12. The van der Waals surface area contributed by atoms with Crippen LogP contribution in [0.3, 0.4) is 0 Å².